The minimum atomic E-state index is -0.574. The van der Waals surface area contributed by atoms with Gasteiger partial charge in [-0.15, -0.1) is 0 Å². The van der Waals surface area contributed by atoms with Crippen molar-refractivity contribution < 1.29 is 9.84 Å². The predicted molar refractivity (Wildman–Crippen MR) is 120 cm³/mol. The van der Waals surface area contributed by atoms with Gasteiger partial charge in [-0.25, -0.2) is 0 Å². The highest BCUT2D eigenvalue weighted by Gasteiger charge is 2.16. The number of benzene rings is 3. The van der Waals surface area contributed by atoms with E-state index in [9.17, 15) is 5.11 Å². The lowest BCUT2D eigenvalue weighted by Gasteiger charge is -2.17. The number of aliphatic hydroxyl groups is 1. The normalized spacial score (nSPS) is 12.0. The summed E-state index contributed by atoms with van der Waals surface area (Å²) in [5.41, 5.74) is 3.19. The first-order valence-electron chi connectivity index (χ1n) is 9.22. The van der Waals surface area contributed by atoms with Gasteiger partial charge in [-0.3, -0.25) is 0 Å². The van der Waals surface area contributed by atoms with Gasteiger partial charge >= 0.3 is 0 Å². The molecular formula is C23H23Br2NO2. The van der Waals surface area contributed by atoms with Crippen molar-refractivity contribution in [1.29, 1.82) is 0 Å². The second kappa shape index (κ2) is 10.8. The number of halogens is 2. The van der Waals surface area contributed by atoms with Crippen molar-refractivity contribution in [3.63, 3.8) is 0 Å². The number of nitrogens with one attached hydrogen (secondary N) is 1. The van der Waals surface area contributed by atoms with Crippen LogP contribution in [-0.2, 0) is 13.2 Å². The third-order valence-corrected chi connectivity index (χ3v) is 5.71. The monoisotopic (exact) mass is 503 g/mol. The fraction of sp³-hybridized carbons (Fsp3) is 0.217. The van der Waals surface area contributed by atoms with E-state index in [4.69, 9.17) is 4.74 Å². The molecule has 0 fully saturated rings. The van der Waals surface area contributed by atoms with E-state index in [2.05, 4.69) is 49.3 Å². The molecule has 0 saturated heterocycles. The topological polar surface area (TPSA) is 41.5 Å². The van der Waals surface area contributed by atoms with Gasteiger partial charge in [0.1, 0.15) is 12.4 Å². The lowest BCUT2D eigenvalue weighted by molar-refractivity contribution is 0.165. The van der Waals surface area contributed by atoms with Crippen LogP contribution in [0.15, 0.2) is 81.7 Å². The van der Waals surface area contributed by atoms with Gasteiger partial charge in [0.2, 0.25) is 0 Å². The van der Waals surface area contributed by atoms with E-state index in [1.165, 1.54) is 5.56 Å². The lowest BCUT2D eigenvalue weighted by Crippen LogP contribution is -2.17. The summed E-state index contributed by atoms with van der Waals surface area (Å²) in [6.07, 6.45) is 0.0454. The standard InChI is InChI=1S/C23H23Br2NO2/c24-20-13-19(28-16-18-9-5-2-6-10-18)14-21(25)23(20)22(27)11-12-26-15-17-7-3-1-4-8-17/h1-10,13-14,22,26-27H,11-12,15-16H2/t22-/m0/s1. The largest absolute Gasteiger partial charge is 0.489 e. The Balaban J connectivity index is 1.54. The molecule has 0 spiro atoms. The van der Waals surface area contributed by atoms with Gasteiger partial charge in [0, 0.05) is 21.1 Å². The zero-order chi connectivity index (χ0) is 19.8. The SMILES string of the molecule is O[C@@H](CCNCc1ccccc1)c1c(Br)cc(OCc2ccccc2)cc1Br. The molecule has 3 aromatic rings. The highest BCUT2D eigenvalue weighted by Crippen LogP contribution is 2.36. The Morgan fingerprint density at radius 2 is 1.43 bits per heavy atom. The second-order valence-corrected chi connectivity index (χ2v) is 8.25. The van der Waals surface area contributed by atoms with Crippen molar-refractivity contribution in [2.24, 2.45) is 0 Å². The van der Waals surface area contributed by atoms with E-state index in [-0.39, 0.29) is 0 Å². The van der Waals surface area contributed by atoms with Crippen LogP contribution in [0.5, 0.6) is 5.75 Å². The molecule has 0 heterocycles. The summed E-state index contributed by atoms with van der Waals surface area (Å²) in [5, 5.41) is 14.0. The van der Waals surface area contributed by atoms with Gasteiger partial charge in [-0.1, -0.05) is 92.5 Å². The molecule has 0 aliphatic heterocycles. The molecule has 3 nitrogen and oxygen atoms in total. The molecular weight excluding hydrogens is 482 g/mol. The van der Waals surface area contributed by atoms with Crippen LogP contribution in [0.2, 0.25) is 0 Å². The van der Waals surface area contributed by atoms with Gasteiger partial charge < -0.3 is 15.2 Å². The van der Waals surface area contributed by atoms with Gasteiger partial charge in [0.15, 0.2) is 0 Å². The first kappa shape index (κ1) is 21.1. The molecule has 0 amide bonds. The Morgan fingerprint density at radius 3 is 2.04 bits per heavy atom. The molecule has 0 aliphatic rings. The summed E-state index contributed by atoms with van der Waals surface area (Å²) in [6.45, 7) is 2.02. The maximum absolute atomic E-state index is 10.6. The molecule has 0 aliphatic carbocycles. The average molecular weight is 505 g/mol. The van der Waals surface area contributed by atoms with Gasteiger partial charge in [0.25, 0.3) is 0 Å². The average Bonchev–Trinajstić information content (AvgIpc) is 2.71. The quantitative estimate of drug-likeness (QED) is 0.351. The van der Waals surface area contributed by atoms with Gasteiger partial charge in [-0.2, -0.15) is 0 Å². The van der Waals surface area contributed by atoms with Gasteiger partial charge in [0.05, 0.1) is 6.10 Å². The molecule has 0 unspecified atom stereocenters. The molecule has 3 aromatic carbocycles. The fourth-order valence-corrected chi connectivity index (χ4v) is 4.59. The minimum Gasteiger partial charge on any atom is -0.489 e. The Morgan fingerprint density at radius 1 is 0.857 bits per heavy atom. The van der Waals surface area contributed by atoms with E-state index >= 15 is 0 Å². The summed E-state index contributed by atoms with van der Waals surface area (Å²) >= 11 is 7.16. The van der Waals surface area contributed by atoms with E-state index in [0.717, 1.165) is 38.9 Å². The van der Waals surface area contributed by atoms with E-state index in [1.807, 2.05) is 60.7 Å². The summed E-state index contributed by atoms with van der Waals surface area (Å²) in [4.78, 5) is 0. The third-order valence-electron chi connectivity index (χ3n) is 4.40. The molecule has 2 N–H and O–H groups in total. The van der Waals surface area contributed by atoms with Crippen molar-refractivity contribution in [2.45, 2.75) is 25.7 Å². The summed E-state index contributed by atoms with van der Waals surface area (Å²) in [6, 6.07) is 24.1. The first-order valence-corrected chi connectivity index (χ1v) is 10.8. The third kappa shape index (κ3) is 6.17. The van der Waals surface area contributed by atoms with Crippen molar-refractivity contribution in [1.82, 2.24) is 5.32 Å². The van der Waals surface area contributed by atoms with Crippen molar-refractivity contribution >= 4 is 31.9 Å². The number of aliphatic hydroxyl groups excluding tert-OH is 1. The molecule has 146 valence electrons. The number of ether oxygens (including phenoxy) is 1. The van der Waals surface area contributed by atoms with Crippen molar-refractivity contribution in [2.75, 3.05) is 6.54 Å². The summed E-state index contributed by atoms with van der Waals surface area (Å²) in [7, 11) is 0. The Bertz CT molecular complexity index is 849. The van der Waals surface area contributed by atoms with Crippen LogP contribution in [0.4, 0.5) is 0 Å². The van der Waals surface area contributed by atoms with Crippen LogP contribution in [0, 0.1) is 0 Å². The molecule has 0 aromatic heterocycles. The highest BCUT2D eigenvalue weighted by atomic mass is 79.9. The van der Waals surface area contributed by atoms with Gasteiger partial charge in [-0.05, 0) is 36.2 Å². The molecule has 0 saturated carbocycles. The van der Waals surface area contributed by atoms with Crippen molar-refractivity contribution in [3.8, 4) is 5.75 Å². The maximum Gasteiger partial charge on any atom is 0.122 e. The molecule has 28 heavy (non-hydrogen) atoms. The summed E-state index contributed by atoms with van der Waals surface area (Å²) in [5.74, 6) is 0.751. The fourth-order valence-electron chi connectivity index (χ4n) is 2.92. The van der Waals surface area contributed by atoms with Crippen LogP contribution in [0.25, 0.3) is 0 Å². The number of rotatable bonds is 9. The van der Waals surface area contributed by atoms with E-state index < -0.39 is 6.10 Å². The maximum atomic E-state index is 10.6. The van der Waals surface area contributed by atoms with Crippen LogP contribution in [0.1, 0.15) is 29.2 Å². The Labute approximate surface area is 183 Å². The molecule has 5 heteroatoms. The summed E-state index contributed by atoms with van der Waals surface area (Å²) < 4.78 is 7.55. The zero-order valence-electron chi connectivity index (χ0n) is 15.4. The van der Waals surface area contributed by atoms with Crippen molar-refractivity contribution in [3.05, 3.63) is 98.4 Å². The number of hydrogen-bond acceptors (Lipinski definition) is 3. The smallest absolute Gasteiger partial charge is 0.122 e. The molecule has 0 bridgehead atoms. The zero-order valence-corrected chi connectivity index (χ0v) is 18.6. The highest BCUT2D eigenvalue weighted by molar-refractivity contribution is 9.11. The predicted octanol–water partition coefficient (Wildman–Crippen LogP) is 6.00. The van der Waals surface area contributed by atoms with Crippen LogP contribution in [0.3, 0.4) is 0 Å². The van der Waals surface area contributed by atoms with Crippen LogP contribution < -0.4 is 10.1 Å². The lowest BCUT2D eigenvalue weighted by atomic mass is 10.1. The van der Waals surface area contributed by atoms with E-state index in [1.54, 1.807) is 0 Å². The van der Waals surface area contributed by atoms with Crippen LogP contribution in [-0.4, -0.2) is 11.7 Å². The molecule has 3 rings (SSSR count). The molecule has 0 radical (unpaired) electrons. The minimum absolute atomic E-state index is 0.505. The van der Waals surface area contributed by atoms with E-state index in [0.29, 0.717) is 13.0 Å². The second-order valence-electron chi connectivity index (χ2n) is 6.54. The Hall–Kier alpha value is -1.66. The number of hydrogen-bond donors (Lipinski definition) is 2. The first-order chi connectivity index (χ1) is 13.6. The Kier molecular flexibility index (Phi) is 8.10. The van der Waals surface area contributed by atoms with Crippen LogP contribution >= 0.6 is 31.9 Å². The molecule has 1 atom stereocenters.